The number of likely N-dealkylation sites (tertiary alicyclic amines) is 1. The van der Waals surface area contributed by atoms with Crippen molar-refractivity contribution >= 4 is 23.1 Å². The number of amides is 1. The molecule has 31 heavy (non-hydrogen) atoms. The van der Waals surface area contributed by atoms with Crippen molar-refractivity contribution in [3.8, 4) is 10.4 Å². The zero-order chi connectivity index (χ0) is 22.9. The molecule has 7 nitrogen and oxygen atoms in total. The molecule has 3 rings (SSSR count). The van der Waals surface area contributed by atoms with E-state index in [4.69, 9.17) is 5.73 Å². The Morgan fingerprint density at radius 1 is 1.35 bits per heavy atom. The van der Waals surface area contributed by atoms with E-state index in [-0.39, 0.29) is 24.9 Å². The molecular formula is C23H31N4O3S-. The predicted molar refractivity (Wildman–Crippen MR) is 122 cm³/mol. The van der Waals surface area contributed by atoms with Gasteiger partial charge in [0.15, 0.2) is 0 Å². The average molecular weight is 444 g/mol. The number of β-amino-alcohol motifs (C(OH)–C–C–N with tert-alkyl or cyclic N) is 1. The molecule has 8 heteroatoms. The summed E-state index contributed by atoms with van der Waals surface area (Å²) in [6.07, 6.45) is -0.571. The highest BCUT2D eigenvalue weighted by Gasteiger charge is 2.39. The van der Waals surface area contributed by atoms with Crippen LogP contribution in [0.5, 0.6) is 0 Å². The maximum absolute atomic E-state index is 12.9. The van der Waals surface area contributed by atoms with Crippen molar-refractivity contribution in [3.05, 3.63) is 41.0 Å². The molecule has 1 amide bonds. The molecule has 4 atom stereocenters. The summed E-state index contributed by atoms with van der Waals surface area (Å²) in [5.41, 5.74) is 10.5. The van der Waals surface area contributed by atoms with Crippen molar-refractivity contribution in [2.24, 2.45) is 16.1 Å². The second kappa shape index (κ2) is 9.06. The van der Waals surface area contributed by atoms with E-state index in [0.717, 1.165) is 21.7 Å². The first-order valence-corrected chi connectivity index (χ1v) is 11.4. The number of aliphatic hydroxyl groups excluding tert-OH is 1. The zero-order valence-electron chi connectivity index (χ0n) is 18.7. The molecule has 1 aliphatic rings. The number of carbonyl (C=O) groups excluding carboxylic acids is 1. The normalized spacial score (nSPS) is 21.9. The van der Waals surface area contributed by atoms with Gasteiger partial charge < -0.3 is 20.8 Å². The summed E-state index contributed by atoms with van der Waals surface area (Å²) < 4.78 is 0. The van der Waals surface area contributed by atoms with Gasteiger partial charge in [-0.3, -0.25) is 9.79 Å². The molecule has 0 saturated carbocycles. The second-order valence-corrected chi connectivity index (χ2v) is 10.1. The van der Waals surface area contributed by atoms with Gasteiger partial charge in [-0.1, -0.05) is 45.0 Å². The summed E-state index contributed by atoms with van der Waals surface area (Å²) in [5, 5.41) is 23.1. The van der Waals surface area contributed by atoms with E-state index in [9.17, 15) is 15.0 Å². The molecular weight excluding hydrogens is 412 g/mol. The fraction of sp³-hybridized carbons (Fsp3) is 0.522. The molecule has 2 aromatic rings. The number of aromatic nitrogens is 1. The number of hydrogen-bond donors (Lipinski definition) is 2. The first-order valence-electron chi connectivity index (χ1n) is 10.5. The van der Waals surface area contributed by atoms with Crippen molar-refractivity contribution in [2.75, 3.05) is 6.54 Å². The number of thiazole rings is 1. The van der Waals surface area contributed by atoms with Crippen LogP contribution in [0.2, 0.25) is 0 Å². The van der Waals surface area contributed by atoms with Crippen molar-refractivity contribution in [1.29, 1.82) is 0 Å². The maximum Gasteiger partial charge on any atom is 0.240 e. The molecule has 0 spiro atoms. The number of aliphatic imine (C=N–C) groups is 1. The molecule has 1 saturated heterocycles. The van der Waals surface area contributed by atoms with Gasteiger partial charge in [-0.25, -0.2) is 4.98 Å². The number of hydrogen-bond acceptors (Lipinski definition) is 7. The lowest BCUT2D eigenvalue weighted by molar-refractivity contribution is -0.224. The molecule has 1 aliphatic heterocycles. The van der Waals surface area contributed by atoms with Crippen LogP contribution in [0.1, 0.15) is 51.4 Å². The number of aryl methyl sites for hydroxylation is 1. The average Bonchev–Trinajstić information content (AvgIpc) is 3.31. The van der Waals surface area contributed by atoms with E-state index >= 15 is 0 Å². The lowest BCUT2D eigenvalue weighted by atomic mass is 9.86. The van der Waals surface area contributed by atoms with Gasteiger partial charge in [0.2, 0.25) is 5.91 Å². The van der Waals surface area contributed by atoms with Crippen molar-refractivity contribution < 1.29 is 15.0 Å². The quantitative estimate of drug-likeness (QED) is 0.543. The Morgan fingerprint density at radius 3 is 2.55 bits per heavy atom. The van der Waals surface area contributed by atoms with Crippen LogP contribution >= 0.6 is 11.3 Å². The summed E-state index contributed by atoms with van der Waals surface area (Å²) in [7, 11) is 0. The van der Waals surface area contributed by atoms with Crippen LogP contribution in [0.15, 0.2) is 34.8 Å². The lowest BCUT2D eigenvalue weighted by Crippen LogP contribution is -2.55. The number of rotatable bonds is 5. The van der Waals surface area contributed by atoms with Crippen LogP contribution in [0.4, 0.5) is 0 Å². The minimum absolute atomic E-state index is 0.103. The summed E-state index contributed by atoms with van der Waals surface area (Å²) in [4.78, 5) is 24.0. The molecule has 1 fully saturated rings. The van der Waals surface area contributed by atoms with E-state index in [1.165, 1.54) is 4.90 Å². The Bertz CT molecular complexity index is 948. The molecule has 0 unspecified atom stereocenters. The monoisotopic (exact) mass is 443 g/mol. The van der Waals surface area contributed by atoms with Crippen LogP contribution < -0.4 is 10.8 Å². The summed E-state index contributed by atoms with van der Waals surface area (Å²) in [6, 6.07) is 6.02. The number of aliphatic hydroxyl groups is 1. The first-order chi connectivity index (χ1) is 14.5. The SMILES string of the molecule is Cc1ncsc1-c1ccc([C@H](C)N=C([O-])[C@@H]2C[C@H](O)CN2C(=O)[C@@H](N)C(C)(C)C)cc1. The van der Waals surface area contributed by atoms with Crippen LogP contribution in [-0.2, 0) is 4.79 Å². The van der Waals surface area contributed by atoms with Crippen LogP contribution in [-0.4, -0.2) is 51.5 Å². The van der Waals surface area contributed by atoms with Crippen LogP contribution in [0.25, 0.3) is 10.4 Å². The highest BCUT2D eigenvalue weighted by molar-refractivity contribution is 7.13. The molecule has 0 radical (unpaired) electrons. The zero-order valence-corrected chi connectivity index (χ0v) is 19.5. The third-order valence-corrected chi connectivity index (χ3v) is 6.75. The fourth-order valence-electron chi connectivity index (χ4n) is 3.68. The molecule has 0 bridgehead atoms. The van der Waals surface area contributed by atoms with Gasteiger partial charge in [-0.15, -0.1) is 11.3 Å². The topological polar surface area (TPSA) is 115 Å². The Morgan fingerprint density at radius 2 is 2.00 bits per heavy atom. The Labute approximate surface area is 187 Å². The highest BCUT2D eigenvalue weighted by Crippen LogP contribution is 2.29. The number of nitrogens with two attached hydrogens (primary N) is 1. The van der Waals surface area contributed by atoms with Gasteiger partial charge in [0, 0.05) is 6.54 Å². The summed E-state index contributed by atoms with van der Waals surface area (Å²) in [6.45, 7) is 9.56. The van der Waals surface area contributed by atoms with Crippen molar-refractivity contribution in [2.45, 2.75) is 65.3 Å². The van der Waals surface area contributed by atoms with Crippen LogP contribution in [0, 0.1) is 12.3 Å². The lowest BCUT2D eigenvalue weighted by Gasteiger charge is -2.35. The standard InChI is InChI=1S/C23H32N4O3S/c1-13(15-6-8-16(9-7-15)19-14(2)25-12-31-19)26-21(29)18-10-17(28)11-27(18)22(30)20(24)23(3,4)5/h6-9,12-13,17-18,20,28H,10-11,24H2,1-5H3,(H,26,29)/p-1/t13-,17-,18-,20+/m0/s1. The molecule has 2 heterocycles. The van der Waals surface area contributed by atoms with Crippen molar-refractivity contribution in [1.82, 2.24) is 9.88 Å². The van der Waals surface area contributed by atoms with E-state index in [1.54, 1.807) is 11.3 Å². The van der Waals surface area contributed by atoms with Gasteiger partial charge in [-0.2, -0.15) is 0 Å². The molecule has 1 aromatic heterocycles. The summed E-state index contributed by atoms with van der Waals surface area (Å²) in [5.74, 6) is -0.726. The fourth-order valence-corrected chi connectivity index (χ4v) is 4.50. The number of nitrogens with zero attached hydrogens (tertiary/aromatic N) is 3. The van der Waals surface area contributed by atoms with Crippen LogP contribution in [0.3, 0.4) is 0 Å². The van der Waals surface area contributed by atoms with E-state index in [2.05, 4.69) is 9.98 Å². The third kappa shape index (κ3) is 5.14. The minimum atomic E-state index is -0.780. The van der Waals surface area contributed by atoms with E-state index in [0.29, 0.717) is 0 Å². The molecule has 1 aromatic carbocycles. The van der Waals surface area contributed by atoms with Gasteiger partial charge in [-0.05, 0) is 42.7 Å². The third-order valence-electron chi connectivity index (χ3n) is 5.77. The van der Waals surface area contributed by atoms with Gasteiger partial charge in [0.25, 0.3) is 0 Å². The smallest absolute Gasteiger partial charge is 0.240 e. The largest absolute Gasteiger partial charge is 0.861 e. The molecule has 3 N–H and O–H groups in total. The highest BCUT2D eigenvalue weighted by atomic mass is 32.1. The van der Waals surface area contributed by atoms with E-state index in [1.807, 2.05) is 64.4 Å². The maximum atomic E-state index is 12.9. The number of benzene rings is 1. The second-order valence-electron chi connectivity index (χ2n) is 9.27. The Hall–Kier alpha value is -2.29. The molecule has 0 aliphatic carbocycles. The van der Waals surface area contributed by atoms with E-state index < -0.39 is 29.5 Å². The van der Waals surface area contributed by atoms with Gasteiger partial charge in [0.1, 0.15) is 0 Å². The number of carbonyl (C=O) groups is 1. The summed E-state index contributed by atoms with van der Waals surface area (Å²) >= 11 is 1.59. The Balaban J connectivity index is 1.77. The first kappa shape index (κ1) is 23.4. The van der Waals surface area contributed by atoms with Gasteiger partial charge in [0.05, 0.1) is 40.3 Å². The predicted octanol–water partition coefficient (Wildman–Crippen LogP) is 2.27. The van der Waals surface area contributed by atoms with Gasteiger partial charge >= 0.3 is 0 Å². The minimum Gasteiger partial charge on any atom is -0.861 e. The molecule has 168 valence electrons. The Kier molecular flexibility index (Phi) is 6.83. The van der Waals surface area contributed by atoms with Crippen molar-refractivity contribution in [3.63, 3.8) is 0 Å².